The fourth-order valence-corrected chi connectivity index (χ4v) is 4.74. The Morgan fingerprint density at radius 1 is 1.25 bits per heavy atom. The smallest absolute Gasteiger partial charge is 0.356 e. The second-order valence-corrected chi connectivity index (χ2v) is 11.2. The molecule has 2 aromatic rings. The summed E-state index contributed by atoms with van der Waals surface area (Å²) in [7, 11) is 2.78. The Hall–Kier alpha value is -2.53. The van der Waals surface area contributed by atoms with E-state index in [9.17, 15) is 9.00 Å². The number of esters is 1. The molecular weight excluding hydrogens is 422 g/mol. The van der Waals surface area contributed by atoms with Crippen molar-refractivity contribution in [2.24, 2.45) is 0 Å². The number of nitrogens with zero attached hydrogens (tertiary/aromatic N) is 3. The van der Waals surface area contributed by atoms with Gasteiger partial charge in [-0.25, -0.2) is 18.3 Å². The van der Waals surface area contributed by atoms with E-state index in [4.69, 9.17) is 4.74 Å². The topological polar surface area (TPSA) is 62.7 Å². The zero-order valence-corrected chi connectivity index (χ0v) is 20.5. The van der Waals surface area contributed by atoms with Crippen LogP contribution in [0.15, 0.2) is 30.3 Å². The van der Waals surface area contributed by atoms with Crippen LogP contribution in [0.4, 0.5) is 0 Å². The number of fused-ring (bicyclic) bond motifs is 1. The van der Waals surface area contributed by atoms with Gasteiger partial charge < -0.3 is 4.74 Å². The lowest BCUT2D eigenvalue weighted by atomic mass is 10.0. The van der Waals surface area contributed by atoms with E-state index in [1.54, 1.807) is 13.0 Å². The standard InChI is InChI=1S/C25H31N3O3S/c1-7-31-24(29)22-15-20-16-28(32(30)25(2,3)4)17-21(20)23(26-22)19-12-8-10-18(14-19)11-9-13-27(5)6/h8,10,12,14-15H,7,13,16-17H2,1-6H3. The lowest BCUT2D eigenvalue weighted by Crippen LogP contribution is -2.34. The normalized spacial score (nSPS) is 14.6. The quantitative estimate of drug-likeness (QED) is 0.511. The monoisotopic (exact) mass is 453 g/mol. The highest BCUT2D eigenvalue weighted by atomic mass is 32.2. The van der Waals surface area contributed by atoms with Crippen molar-refractivity contribution in [3.8, 4) is 23.1 Å². The number of carbonyl (C=O) groups excluding carboxylic acids is 1. The van der Waals surface area contributed by atoms with Crippen molar-refractivity contribution in [2.75, 3.05) is 27.2 Å². The van der Waals surface area contributed by atoms with Gasteiger partial charge in [0, 0.05) is 24.2 Å². The summed E-state index contributed by atoms with van der Waals surface area (Å²) in [6.45, 7) is 9.64. The minimum absolute atomic E-state index is 0.271. The molecule has 32 heavy (non-hydrogen) atoms. The Labute approximate surface area is 193 Å². The van der Waals surface area contributed by atoms with Crippen LogP contribution in [0.2, 0.25) is 0 Å². The molecule has 170 valence electrons. The zero-order chi connectivity index (χ0) is 23.5. The van der Waals surface area contributed by atoms with Crippen LogP contribution < -0.4 is 0 Å². The van der Waals surface area contributed by atoms with Gasteiger partial charge in [-0.3, -0.25) is 4.90 Å². The molecule has 2 heterocycles. The van der Waals surface area contributed by atoms with E-state index in [0.717, 1.165) is 27.9 Å². The second kappa shape index (κ2) is 9.95. The summed E-state index contributed by atoms with van der Waals surface area (Å²) >= 11 is 0. The van der Waals surface area contributed by atoms with Crippen LogP contribution in [0.5, 0.6) is 0 Å². The first kappa shape index (κ1) is 24.1. The van der Waals surface area contributed by atoms with E-state index in [1.165, 1.54) is 0 Å². The fourth-order valence-electron chi connectivity index (χ4n) is 3.46. The van der Waals surface area contributed by atoms with Crippen LogP contribution in [-0.2, 0) is 28.8 Å². The number of hydrogen-bond donors (Lipinski definition) is 0. The number of carbonyl (C=O) groups is 1. The lowest BCUT2D eigenvalue weighted by Gasteiger charge is -2.24. The Balaban J connectivity index is 2.05. The second-order valence-electron chi connectivity index (χ2n) is 8.99. The first-order chi connectivity index (χ1) is 15.1. The number of rotatable bonds is 5. The summed E-state index contributed by atoms with van der Waals surface area (Å²) in [5.74, 6) is 5.89. The molecule has 1 atom stereocenters. The molecule has 1 aromatic carbocycles. The van der Waals surface area contributed by atoms with E-state index in [2.05, 4.69) is 16.8 Å². The maximum absolute atomic E-state index is 13.0. The number of pyridine rings is 1. The average molecular weight is 454 g/mol. The molecule has 0 bridgehead atoms. The molecule has 0 saturated carbocycles. The zero-order valence-electron chi connectivity index (χ0n) is 19.7. The van der Waals surface area contributed by atoms with Gasteiger partial charge in [0.25, 0.3) is 0 Å². The number of ether oxygens (including phenoxy) is 1. The van der Waals surface area contributed by atoms with Gasteiger partial charge in [0.05, 0.1) is 23.6 Å². The SMILES string of the molecule is CCOC(=O)c1cc2c(c(-c3cccc(C#CCN(C)C)c3)n1)CN(S(=O)C(C)(C)C)C2. The van der Waals surface area contributed by atoms with Gasteiger partial charge in [-0.15, -0.1) is 0 Å². The highest BCUT2D eigenvalue weighted by Gasteiger charge is 2.33. The van der Waals surface area contributed by atoms with Crippen LogP contribution in [0.25, 0.3) is 11.3 Å². The molecule has 7 heteroatoms. The van der Waals surface area contributed by atoms with Gasteiger partial charge in [-0.2, -0.15) is 0 Å². The van der Waals surface area contributed by atoms with E-state index < -0.39 is 17.0 Å². The summed E-state index contributed by atoms with van der Waals surface area (Å²) in [6.07, 6.45) is 0. The third-order valence-corrected chi connectivity index (χ3v) is 6.68. The van der Waals surface area contributed by atoms with Gasteiger partial charge >= 0.3 is 5.97 Å². The highest BCUT2D eigenvalue weighted by Crippen LogP contribution is 2.35. The van der Waals surface area contributed by atoms with Crippen molar-refractivity contribution >= 4 is 17.0 Å². The number of benzene rings is 1. The Morgan fingerprint density at radius 3 is 2.66 bits per heavy atom. The molecule has 0 amide bonds. The molecule has 6 nitrogen and oxygen atoms in total. The third kappa shape index (κ3) is 5.63. The Bertz CT molecular complexity index is 1090. The van der Waals surface area contributed by atoms with Gasteiger partial charge in [0.15, 0.2) is 0 Å². The minimum atomic E-state index is -1.18. The van der Waals surface area contributed by atoms with Crippen molar-refractivity contribution in [3.05, 3.63) is 52.7 Å². The van der Waals surface area contributed by atoms with E-state index in [1.807, 2.05) is 68.3 Å². The van der Waals surface area contributed by atoms with Crippen molar-refractivity contribution in [1.82, 2.24) is 14.2 Å². The molecule has 0 spiro atoms. The van der Waals surface area contributed by atoms with Gasteiger partial charge in [0.1, 0.15) is 16.7 Å². The number of aromatic nitrogens is 1. The molecular formula is C25H31N3O3S. The van der Waals surface area contributed by atoms with Crippen LogP contribution >= 0.6 is 0 Å². The summed E-state index contributed by atoms with van der Waals surface area (Å²) in [4.78, 5) is 19.2. The fraction of sp³-hybridized carbons (Fsp3) is 0.440. The molecule has 0 fully saturated rings. The molecule has 0 aliphatic carbocycles. The highest BCUT2D eigenvalue weighted by molar-refractivity contribution is 7.84. The van der Waals surface area contributed by atoms with Crippen molar-refractivity contribution < 1.29 is 13.7 Å². The summed E-state index contributed by atoms with van der Waals surface area (Å²) in [5.41, 5.74) is 4.71. The van der Waals surface area contributed by atoms with Crippen molar-refractivity contribution in [2.45, 2.75) is 45.5 Å². The Kier molecular flexibility index (Phi) is 7.50. The van der Waals surface area contributed by atoms with Gasteiger partial charge in [0.2, 0.25) is 0 Å². The minimum Gasteiger partial charge on any atom is -0.461 e. The molecule has 1 aliphatic rings. The van der Waals surface area contributed by atoms with Gasteiger partial charge in [-0.05, 0) is 71.1 Å². The average Bonchev–Trinajstić information content (AvgIpc) is 3.16. The maximum atomic E-state index is 13.0. The third-order valence-electron chi connectivity index (χ3n) is 4.90. The summed E-state index contributed by atoms with van der Waals surface area (Å²) in [6, 6.07) is 9.64. The van der Waals surface area contributed by atoms with E-state index in [-0.39, 0.29) is 17.0 Å². The van der Waals surface area contributed by atoms with Crippen molar-refractivity contribution in [3.63, 3.8) is 0 Å². The van der Waals surface area contributed by atoms with E-state index >= 15 is 0 Å². The predicted octanol–water partition coefficient (Wildman–Crippen LogP) is 3.62. The van der Waals surface area contributed by atoms with Crippen LogP contribution in [0, 0.1) is 11.8 Å². The number of hydrogen-bond acceptors (Lipinski definition) is 5. The van der Waals surface area contributed by atoms with Crippen LogP contribution in [-0.4, -0.2) is 56.4 Å². The first-order valence-electron chi connectivity index (χ1n) is 10.7. The van der Waals surface area contributed by atoms with Crippen LogP contribution in [0.3, 0.4) is 0 Å². The molecule has 1 unspecified atom stereocenters. The van der Waals surface area contributed by atoms with Gasteiger partial charge in [-0.1, -0.05) is 24.0 Å². The Morgan fingerprint density at radius 2 is 2.00 bits per heavy atom. The maximum Gasteiger partial charge on any atom is 0.356 e. The van der Waals surface area contributed by atoms with E-state index in [0.29, 0.717) is 19.6 Å². The molecule has 0 saturated heterocycles. The van der Waals surface area contributed by atoms with Crippen molar-refractivity contribution in [1.29, 1.82) is 0 Å². The molecule has 0 N–H and O–H groups in total. The summed E-state index contributed by atoms with van der Waals surface area (Å²) in [5, 5.41) is 0. The predicted molar refractivity (Wildman–Crippen MR) is 128 cm³/mol. The molecule has 1 aromatic heterocycles. The first-order valence-corrected chi connectivity index (χ1v) is 11.8. The summed E-state index contributed by atoms with van der Waals surface area (Å²) < 4.78 is 19.8. The molecule has 3 rings (SSSR count). The molecule has 0 radical (unpaired) electrons. The van der Waals surface area contributed by atoms with Crippen LogP contribution in [0.1, 0.15) is 54.9 Å². The molecule has 1 aliphatic heterocycles. The largest absolute Gasteiger partial charge is 0.461 e. The lowest BCUT2D eigenvalue weighted by molar-refractivity contribution is 0.0519.